The Bertz CT molecular complexity index is 94.1. The molecule has 3 N–H and O–H groups in total. The molecule has 0 aromatic carbocycles. The van der Waals surface area contributed by atoms with E-state index in [2.05, 4.69) is 44.8 Å². The molecule has 0 atom stereocenters. The third kappa shape index (κ3) is 113. The Morgan fingerprint density at radius 3 is 1.33 bits per heavy atom. The van der Waals surface area contributed by atoms with E-state index < -0.39 is 6.09 Å². The Balaban J connectivity index is -0.0000000590. The first-order valence-electron chi connectivity index (χ1n) is 4.35. The molecule has 3 nitrogen and oxygen atoms in total. The molecule has 0 aliphatic carbocycles. The van der Waals surface area contributed by atoms with Gasteiger partial charge in [-0.15, -0.1) is 0 Å². The topological polar surface area (TPSA) is 63.3 Å². The average molecular weight is 298 g/mol. The fourth-order valence-corrected chi connectivity index (χ4v) is 0.671. The van der Waals surface area contributed by atoms with Crippen LogP contribution < -0.4 is 5.73 Å². The van der Waals surface area contributed by atoms with E-state index >= 15 is 0 Å². The number of nitrogens with two attached hydrogens (primary N) is 1. The number of carboxylic acid groups (broad SMARTS) is 1. The van der Waals surface area contributed by atoms with Gasteiger partial charge in [-0.05, 0) is 11.5 Å². The fourth-order valence-electron chi connectivity index (χ4n) is 0.224. The molecule has 0 aromatic heterocycles. The number of thiol groups is 2. The SMILES string of the molecule is NC(=O)O.[CH2-]CCCS.[CH2-]CCCS.[Ni+2]. The molecule has 0 unspecified atom stereocenters. The van der Waals surface area contributed by atoms with Crippen LogP contribution in [0.15, 0.2) is 0 Å². The minimum absolute atomic E-state index is 0. The Morgan fingerprint density at radius 2 is 1.33 bits per heavy atom. The van der Waals surface area contributed by atoms with Crippen molar-refractivity contribution in [3.8, 4) is 0 Å². The number of primary amides is 1. The predicted octanol–water partition coefficient (Wildman–Crippen LogP) is 2.68. The van der Waals surface area contributed by atoms with Crippen LogP contribution in [0.2, 0.25) is 0 Å². The van der Waals surface area contributed by atoms with Gasteiger partial charge in [-0.3, -0.25) is 0 Å². The monoisotopic (exact) mass is 297 g/mol. The van der Waals surface area contributed by atoms with Crippen LogP contribution in [-0.4, -0.2) is 22.7 Å². The van der Waals surface area contributed by atoms with Gasteiger partial charge in [0.1, 0.15) is 0 Å². The van der Waals surface area contributed by atoms with Gasteiger partial charge in [0, 0.05) is 0 Å². The van der Waals surface area contributed by atoms with Crippen molar-refractivity contribution in [2.24, 2.45) is 5.73 Å². The van der Waals surface area contributed by atoms with Crippen molar-refractivity contribution in [2.45, 2.75) is 25.7 Å². The quantitative estimate of drug-likeness (QED) is 0.366. The van der Waals surface area contributed by atoms with Gasteiger partial charge in [0.05, 0.1) is 0 Å². The number of hydrogen-bond donors (Lipinski definition) is 4. The second-order valence-corrected chi connectivity index (χ2v) is 3.09. The van der Waals surface area contributed by atoms with Crippen molar-refractivity contribution >= 4 is 31.4 Å². The maximum atomic E-state index is 8.78. The van der Waals surface area contributed by atoms with Gasteiger partial charge < -0.3 is 24.7 Å². The molecule has 0 saturated carbocycles. The zero-order valence-electron chi connectivity index (χ0n) is 8.80. The van der Waals surface area contributed by atoms with E-state index in [0.29, 0.717) is 0 Å². The van der Waals surface area contributed by atoms with Gasteiger partial charge >= 0.3 is 22.6 Å². The molecule has 0 rings (SSSR count). The first-order chi connectivity index (χ1) is 6.56. The van der Waals surface area contributed by atoms with Crippen LogP contribution in [0, 0.1) is 13.8 Å². The summed E-state index contributed by atoms with van der Waals surface area (Å²) in [6.07, 6.45) is 2.99. The summed E-state index contributed by atoms with van der Waals surface area (Å²) in [6.45, 7) is 7.25. The first kappa shape index (κ1) is 24.6. The van der Waals surface area contributed by atoms with E-state index in [9.17, 15) is 0 Å². The van der Waals surface area contributed by atoms with E-state index in [1.54, 1.807) is 0 Å². The van der Waals surface area contributed by atoms with E-state index in [1.807, 2.05) is 0 Å². The zero-order valence-corrected chi connectivity index (χ0v) is 11.6. The third-order valence-corrected chi connectivity index (χ3v) is 1.45. The summed E-state index contributed by atoms with van der Waals surface area (Å²) >= 11 is 7.92. The smallest absolute Gasteiger partial charge is 0.465 e. The molecule has 0 aliphatic heterocycles. The molecule has 0 radical (unpaired) electrons. The summed E-state index contributed by atoms with van der Waals surface area (Å²) in [5.41, 5.74) is 4.03. The van der Waals surface area contributed by atoms with Gasteiger partial charge in [0.15, 0.2) is 0 Å². The minimum atomic E-state index is -1.33. The maximum Gasteiger partial charge on any atom is 2.00 e. The molecule has 6 heteroatoms. The van der Waals surface area contributed by atoms with E-state index in [0.717, 1.165) is 37.2 Å². The zero-order chi connectivity index (χ0) is 11.8. The largest absolute Gasteiger partial charge is 2.00 e. The van der Waals surface area contributed by atoms with Crippen LogP contribution in [0.5, 0.6) is 0 Å². The van der Waals surface area contributed by atoms with Gasteiger partial charge in [-0.1, -0.05) is 12.8 Å². The molecule has 15 heavy (non-hydrogen) atoms. The molecular formula is C9H21NNiO2S2. The molecule has 0 aromatic rings. The van der Waals surface area contributed by atoms with Crippen molar-refractivity contribution in [2.75, 3.05) is 11.5 Å². The van der Waals surface area contributed by atoms with E-state index in [1.165, 1.54) is 0 Å². The number of hydrogen-bond acceptors (Lipinski definition) is 3. The van der Waals surface area contributed by atoms with Crippen molar-refractivity contribution < 1.29 is 26.4 Å². The summed E-state index contributed by atoms with van der Waals surface area (Å²) in [4.78, 5) is 8.78. The van der Waals surface area contributed by atoms with Crippen LogP contribution >= 0.6 is 25.3 Å². The van der Waals surface area contributed by atoms with Crippen LogP contribution in [0.1, 0.15) is 25.7 Å². The first-order valence-corrected chi connectivity index (χ1v) is 5.61. The number of unbranched alkanes of at least 4 members (excludes halogenated alkanes) is 2. The van der Waals surface area contributed by atoms with Crippen LogP contribution in [-0.2, 0) is 16.5 Å². The number of amides is 1. The summed E-state index contributed by atoms with van der Waals surface area (Å²) < 4.78 is 0. The Labute approximate surface area is 114 Å². The van der Waals surface area contributed by atoms with Crippen molar-refractivity contribution in [3.05, 3.63) is 13.8 Å². The average Bonchev–Trinajstić information content (AvgIpc) is 2.07. The Hall–Kier alpha value is 0.464. The van der Waals surface area contributed by atoms with Gasteiger partial charge in [-0.25, -0.2) is 4.79 Å². The fraction of sp³-hybridized carbons (Fsp3) is 0.667. The second kappa shape index (κ2) is 29.3. The minimum Gasteiger partial charge on any atom is -0.465 e. The van der Waals surface area contributed by atoms with Crippen molar-refractivity contribution in [1.29, 1.82) is 0 Å². The van der Waals surface area contributed by atoms with Crippen LogP contribution in [0.25, 0.3) is 0 Å². The Morgan fingerprint density at radius 1 is 1.13 bits per heavy atom. The summed E-state index contributed by atoms with van der Waals surface area (Å²) in [7, 11) is 0. The second-order valence-electron chi connectivity index (χ2n) is 2.20. The molecule has 0 spiro atoms. The third-order valence-electron chi connectivity index (χ3n) is 0.816. The van der Waals surface area contributed by atoms with Crippen LogP contribution in [0.4, 0.5) is 4.79 Å². The molecule has 0 bridgehead atoms. The van der Waals surface area contributed by atoms with Gasteiger partial charge in [0.25, 0.3) is 0 Å². The molecular weight excluding hydrogens is 277 g/mol. The number of carbonyl (C=O) groups is 1. The van der Waals surface area contributed by atoms with E-state index in [4.69, 9.17) is 9.90 Å². The molecule has 0 fully saturated rings. The normalized spacial score (nSPS) is 7.20. The van der Waals surface area contributed by atoms with Gasteiger partial charge in [-0.2, -0.15) is 38.1 Å². The summed E-state index contributed by atoms with van der Waals surface area (Å²) in [6, 6.07) is 0. The van der Waals surface area contributed by atoms with Gasteiger partial charge in [0.2, 0.25) is 0 Å². The van der Waals surface area contributed by atoms with Crippen molar-refractivity contribution in [1.82, 2.24) is 0 Å². The molecule has 96 valence electrons. The predicted molar refractivity (Wildman–Crippen MR) is 69.1 cm³/mol. The molecule has 0 saturated heterocycles. The van der Waals surface area contributed by atoms with E-state index in [-0.39, 0.29) is 16.5 Å². The summed E-state index contributed by atoms with van der Waals surface area (Å²) in [5, 5.41) is 7.19. The van der Waals surface area contributed by atoms with Crippen LogP contribution in [0.3, 0.4) is 0 Å². The molecule has 1 amide bonds. The molecule has 0 heterocycles. The maximum absolute atomic E-state index is 8.78. The Kier molecular flexibility index (Phi) is 48.0. The molecule has 0 aliphatic rings. The number of rotatable bonds is 4. The van der Waals surface area contributed by atoms with Crippen molar-refractivity contribution in [3.63, 3.8) is 0 Å². The summed E-state index contributed by atoms with van der Waals surface area (Å²) in [5.74, 6) is 1.95. The standard InChI is InChI=1S/2C4H9S.CH3NO2.Ni/c2*1-2-3-4-5;2-1(3)4;/h2*5H,1-4H2;2H2,(H,3,4);/q2*-1;;+2.